The smallest absolute Gasteiger partial charge is 0.216 e. The Bertz CT molecular complexity index is 4120. The van der Waals surface area contributed by atoms with E-state index in [2.05, 4.69) is 218 Å². The lowest BCUT2D eigenvalue weighted by molar-refractivity contribution is 0.590. The highest BCUT2D eigenvalue weighted by molar-refractivity contribution is 6.20. The zero-order valence-electron chi connectivity index (χ0n) is 45.2. The summed E-state index contributed by atoms with van der Waals surface area (Å²) in [5.74, 6) is 0.628. The van der Waals surface area contributed by atoms with E-state index in [-0.39, 0.29) is 21.7 Å². The average molecular weight is 978 g/mol. The monoisotopic (exact) mass is 978 g/mol. The second kappa shape index (κ2) is 16.9. The van der Waals surface area contributed by atoms with Crippen LogP contribution in [0.5, 0.6) is 0 Å². The van der Waals surface area contributed by atoms with E-state index in [4.69, 9.17) is 14.4 Å². The summed E-state index contributed by atoms with van der Waals surface area (Å²) in [6, 6.07) is 58.7. The lowest BCUT2D eigenvalue weighted by Crippen LogP contribution is -2.11. The Morgan fingerprint density at radius 2 is 0.840 bits per heavy atom. The lowest BCUT2D eigenvalue weighted by atomic mass is 9.85. The standard InChI is InChI=1S/C69H63N5O/c1-66(2,3)43-27-31-56-49(35-43)50-36-44(67(4,5)6)28-32-57(50)73(56)62-55(70-13)40-60-61(63(62)74-58-33-29-45(68(7,8)9)37-51(58)52-38-46(69(10,11)12)30-34-59(52)74)48-26-20-25-47(64(48)75-60)54-39-53(41-21-16-14-17-22-41)71-65(72-54)42-23-18-15-19-24-42/h14-40H,1-12H3. The van der Waals surface area contributed by atoms with E-state index in [1.807, 2.05) is 42.5 Å². The van der Waals surface area contributed by atoms with Gasteiger partial charge in [0, 0.05) is 43.6 Å². The molecule has 0 atom stereocenters. The number of para-hydroxylation sites is 1. The Kier molecular flexibility index (Phi) is 10.7. The summed E-state index contributed by atoms with van der Waals surface area (Å²) < 4.78 is 12.1. The van der Waals surface area contributed by atoms with Crippen molar-refractivity contribution in [1.82, 2.24) is 19.1 Å². The molecule has 0 aliphatic heterocycles. The zero-order chi connectivity index (χ0) is 52.5. The average Bonchev–Trinajstić information content (AvgIpc) is 4.07. The SMILES string of the molecule is [C-]#[N+]c1cc2oc3c(-c4cc(-c5ccccc5)nc(-c5ccccc5)n4)cccc3c2c(-n2c3ccc(C(C)(C)C)cc3c3cc(C(C)(C)C)ccc32)c1-n1c2ccc(C(C)(C)C)cc2c2cc(C(C)(C)C)ccc21. The van der Waals surface area contributed by atoms with Crippen LogP contribution in [0.3, 0.4) is 0 Å². The Balaban J connectivity index is 1.27. The summed E-state index contributed by atoms with van der Waals surface area (Å²) in [6.45, 7) is 36.6. The van der Waals surface area contributed by atoms with Gasteiger partial charge in [-0.1, -0.05) is 180 Å². The van der Waals surface area contributed by atoms with Crippen molar-refractivity contribution >= 4 is 71.2 Å². The second-order valence-corrected chi connectivity index (χ2v) is 24.7. The molecule has 0 fully saturated rings. The van der Waals surface area contributed by atoms with Gasteiger partial charge < -0.3 is 13.6 Å². The van der Waals surface area contributed by atoms with E-state index in [1.165, 1.54) is 33.0 Å². The summed E-state index contributed by atoms with van der Waals surface area (Å²) in [6.07, 6.45) is 0. The Morgan fingerprint density at radius 3 is 1.28 bits per heavy atom. The Labute approximate surface area is 440 Å². The Hall–Kier alpha value is -8.27. The first-order valence-corrected chi connectivity index (χ1v) is 26.3. The number of nitrogens with zero attached hydrogens (tertiary/aromatic N) is 5. The number of furan rings is 1. The van der Waals surface area contributed by atoms with Crippen molar-refractivity contribution in [2.24, 2.45) is 0 Å². The number of aromatic nitrogens is 4. The van der Waals surface area contributed by atoms with Crippen LogP contribution >= 0.6 is 0 Å². The highest BCUT2D eigenvalue weighted by atomic mass is 16.3. The molecule has 8 aromatic carbocycles. The molecule has 12 aromatic rings. The third-order valence-electron chi connectivity index (χ3n) is 15.4. The normalized spacial score (nSPS) is 12.8. The largest absolute Gasteiger partial charge is 0.457 e. The van der Waals surface area contributed by atoms with Crippen LogP contribution in [0.4, 0.5) is 5.69 Å². The van der Waals surface area contributed by atoms with E-state index in [1.54, 1.807) is 0 Å². The maximum absolute atomic E-state index is 9.22. The molecule has 4 heterocycles. The number of hydrogen-bond acceptors (Lipinski definition) is 3. The van der Waals surface area contributed by atoms with Crippen LogP contribution in [0, 0.1) is 6.57 Å². The molecule has 75 heavy (non-hydrogen) atoms. The summed E-state index contributed by atoms with van der Waals surface area (Å²) in [5.41, 5.74) is 16.7. The molecule has 6 heteroatoms. The summed E-state index contributed by atoms with van der Waals surface area (Å²) >= 11 is 0. The molecule has 0 aliphatic carbocycles. The van der Waals surface area contributed by atoms with Gasteiger partial charge in [0.1, 0.15) is 11.2 Å². The number of benzene rings is 8. The molecule has 0 amide bonds. The molecule has 6 nitrogen and oxygen atoms in total. The molecule has 0 bridgehead atoms. The minimum absolute atomic E-state index is 0.0857. The molecular weight excluding hydrogens is 915 g/mol. The molecule has 0 saturated carbocycles. The van der Waals surface area contributed by atoms with E-state index >= 15 is 0 Å². The van der Waals surface area contributed by atoms with E-state index < -0.39 is 0 Å². The molecule has 0 aliphatic rings. The molecule has 370 valence electrons. The van der Waals surface area contributed by atoms with Gasteiger partial charge in [-0.25, -0.2) is 14.8 Å². The first-order chi connectivity index (χ1) is 35.7. The van der Waals surface area contributed by atoms with E-state index in [0.29, 0.717) is 22.7 Å². The fourth-order valence-electron chi connectivity index (χ4n) is 11.1. The van der Waals surface area contributed by atoms with Gasteiger partial charge in [-0.3, -0.25) is 0 Å². The quantitative estimate of drug-likeness (QED) is 0.162. The lowest BCUT2D eigenvalue weighted by Gasteiger charge is -2.22. The van der Waals surface area contributed by atoms with Crippen molar-refractivity contribution < 1.29 is 4.42 Å². The van der Waals surface area contributed by atoms with Gasteiger partial charge in [0.05, 0.1) is 56.8 Å². The fraction of sp³-hybridized carbons (Fsp3) is 0.232. The van der Waals surface area contributed by atoms with Crippen LogP contribution in [0.15, 0.2) is 168 Å². The first kappa shape index (κ1) is 47.7. The highest BCUT2D eigenvalue weighted by Gasteiger charge is 2.31. The van der Waals surface area contributed by atoms with Gasteiger partial charge >= 0.3 is 0 Å². The number of fused-ring (bicyclic) bond motifs is 9. The number of rotatable bonds is 5. The molecule has 12 rings (SSSR count). The summed E-state index contributed by atoms with van der Waals surface area (Å²) in [7, 11) is 0. The van der Waals surface area contributed by atoms with Gasteiger partial charge in [0.2, 0.25) is 5.69 Å². The van der Waals surface area contributed by atoms with Crippen LogP contribution < -0.4 is 0 Å². The van der Waals surface area contributed by atoms with Gasteiger partial charge in [-0.15, -0.1) is 0 Å². The predicted molar refractivity (Wildman–Crippen MR) is 315 cm³/mol. The zero-order valence-corrected chi connectivity index (χ0v) is 45.2. The van der Waals surface area contributed by atoms with Gasteiger partial charge in [-0.05, 0) is 111 Å². The fourth-order valence-corrected chi connectivity index (χ4v) is 11.1. The van der Waals surface area contributed by atoms with Crippen molar-refractivity contribution in [3.63, 3.8) is 0 Å². The molecule has 0 radical (unpaired) electrons. The Morgan fingerprint density at radius 1 is 0.413 bits per heavy atom. The maximum atomic E-state index is 9.22. The van der Waals surface area contributed by atoms with Crippen LogP contribution in [-0.4, -0.2) is 19.1 Å². The number of hydrogen-bond donors (Lipinski definition) is 0. The summed E-state index contributed by atoms with van der Waals surface area (Å²) in [5, 5.41) is 6.49. The highest BCUT2D eigenvalue weighted by Crippen LogP contribution is 2.50. The third kappa shape index (κ3) is 7.91. The predicted octanol–water partition coefficient (Wildman–Crippen LogP) is 19.3. The first-order valence-electron chi connectivity index (χ1n) is 26.3. The molecule has 0 unspecified atom stereocenters. The van der Waals surface area contributed by atoms with Crippen LogP contribution in [-0.2, 0) is 21.7 Å². The van der Waals surface area contributed by atoms with Crippen molar-refractivity contribution in [2.45, 2.75) is 105 Å². The van der Waals surface area contributed by atoms with Crippen LogP contribution in [0.2, 0.25) is 0 Å². The molecule has 4 aromatic heterocycles. The minimum Gasteiger partial charge on any atom is -0.457 e. The molecule has 0 N–H and O–H groups in total. The third-order valence-corrected chi connectivity index (χ3v) is 15.4. The van der Waals surface area contributed by atoms with Gasteiger partial charge in [0.25, 0.3) is 0 Å². The van der Waals surface area contributed by atoms with Gasteiger partial charge in [-0.2, -0.15) is 0 Å². The summed E-state index contributed by atoms with van der Waals surface area (Å²) in [4.78, 5) is 15.0. The van der Waals surface area contributed by atoms with E-state index in [0.717, 1.165) is 83.1 Å². The van der Waals surface area contributed by atoms with Crippen LogP contribution in [0.1, 0.15) is 105 Å². The van der Waals surface area contributed by atoms with Crippen LogP contribution in [0.25, 0.3) is 116 Å². The van der Waals surface area contributed by atoms with Crippen molar-refractivity contribution in [3.05, 3.63) is 197 Å². The minimum atomic E-state index is -0.0909. The van der Waals surface area contributed by atoms with Crippen molar-refractivity contribution in [1.29, 1.82) is 0 Å². The maximum Gasteiger partial charge on any atom is 0.216 e. The second-order valence-electron chi connectivity index (χ2n) is 24.7. The van der Waals surface area contributed by atoms with E-state index in [9.17, 15) is 6.57 Å². The molecular formula is C69H63N5O. The molecule has 0 spiro atoms. The molecule has 0 saturated heterocycles. The van der Waals surface area contributed by atoms with Gasteiger partial charge in [0.15, 0.2) is 5.82 Å². The topological polar surface area (TPSA) is 53.1 Å². The van der Waals surface area contributed by atoms with Crippen molar-refractivity contribution in [3.8, 4) is 45.3 Å². The van der Waals surface area contributed by atoms with Crippen molar-refractivity contribution in [2.75, 3.05) is 0 Å².